The quantitative estimate of drug-likeness (QED) is 0.314. The van der Waals surface area contributed by atoms with E-state index in [2.05, 4.69) is 25.0 Å². The second-order valence-corrected chi connectivity index (χ2v) is 4.63. The van der Waals surface area contributed by atoms with Gasteiger partial charge in [0.15, 0.2) is 23.2 Å². The van der Waals surface area contributed by atoms with Crippen molar-refractivity contribution in [2.75, 3.05) is 12.3 Å². The number of aromatic nitrogens is 4. The van der Waals surface area contributed by atoms with E-state index in [0.29, 0.717) is 0 Å². The van der Waals surface area contributed by atoms with Gasteiger partial charge in [-0.3, -0.25) is 4.57 Å². The normalized spacial score (nSPS) is 28.0. The van der Waals surface area contributed by atoms with Crippen molar-refractivity contribution in [2.24, 2.45) is 5.11 Å². The van der Waals surface area contributed by atoms with Gasteiger partial charge in [0.25, 0.3) is 0 Å². The van der Waals surface area contributed by atoms with E-state index in [1.165, 1.54) is 10.9 Å². The Hall–Kier alpha value is -2.50. The fraction of sp³-hybridized carbons (Fsp3) is 0.500. The molecule has 1 saturated heterocycles. The molecule has 116 valence electrons. The predicted molar refractivity (Wildman–Crippen MR) is 71.6 cm³/mol. The lowest BCUT2D eigenvalue weighted by Crippen LogP contribution is -2.33. The number of hydrogen-bond acceptors (Lipinski definition) is 9. The summed E-state index contributed by atoms with van der Waals surface area (Å²) < 4.78 is 6.61. The number of nitrogens with zero attached hydrogens (tertiary/aromatic N) is 7. The number of nitrogen functional groups attached to an aromatic ring is 1. The molecule has 0 radical (unpaired) electrons. The molecule has 3 rings (SSSR count). The first-order valence-electron chi connectivity index (χ1n) is 6.24. The summed E-state index contributed by atoms with van der Waals surface area (Å²) in [7, 11) is 0. The molecule has 0 aromatic carbocycles. The topological polar surface area (TPSA) is 188 Å². The molecular formula is C10H12N8O4. The largest absolute Gasteiger partial charge is 0.394 e. The second-order valence-electron chi connectivity index (χ2n) is 4.63. The van der Waals surface area contributed by atoms with Crippen LogP contribution in [0.4, 0.5) is 11.8 Å². The molecule has 1 fully saturated rings. The molecule has 0 saturated carbocycles. The molecule has 0 unspecified atom stereocenters. The Bertz CT molecular complexity index is 757. The molecule has 0 amide bonds. The minimum atomic E-state index is -1.38. The number of hydrogen-bond donors (Lipinski definition) is 4. The smallest absolute Gasteiger partial charge is 0.201 e. The molecule has 5 N–H and O–H groups in total. The van der Waals surface area contributed by atoms with Crippen LogP contribution in [0.15, 0.2) is 11.4 Å². The van der Waals surface area contributed by atoms with E-state index in [1.807, 2.05) is 0 Å². The standard InChI is InChI=1S/C10H12N8O4/c11-7-4-8(14-2-13-7)18(10(15-4)16-17-12)9-6(21)5(20)3(1-19)22-9/h2-3,5-6,9,19-21H,1H2,(H2,11,13,14)/t3-,5+,6-,9-/m0/s1. The lowest BCUT2D eigenvalue weighted by Gasteiger charge is -2.17. The lowest BCUT2D eigenvalue weighted by atomic mass is 10.1. The van der Waals surface area contributed by atoms with Crippen molar-refractivity contribution in [3.63, 3.8) is 0 Å². The van der Waals surface area contributed by atoms with Gasteiger partial charge in [0.05, 0.1) is 6.61 Å². The van der Waals surface area contributed by atoms with Crippen molar-refractivity contribution in [2.45, 2.75) is 24.5 Å². The summed E-state index contributed by atoms with van der Waals surface area (Å²) in [5, 5.41) is 32.5. The molecule has 1 aliphatic heterocycles. The van der Waals surface area contributed by atoms with Crippen molar-refractivity contribution in [1.82, 2.24) is 19.5 Å². The van der Waals surface area contributed by atoms with Crippen LogP contribution in [-0.4, -0.2) is 59.8 Å². The molecule has 3 heterocycles. The minimum absolute atomic E-state index is 0.0601. The maximum absolute atomic E-state index is 10.1. The first-order chi connectivity index (χ1) is 10.6. The van der Waals surface area contributed by atoms with Crippen molar-refractivity contribution < 1.29 is 20.1 Å². The molecule has 2 aromatic rings. The van der Waals surface area contributed by atoms with Crippen LogP contribution in [0.25, 0.3) is 21.6 Å². The van der Waals surface area contributed by atoms with E-state index >= 15 is 0 Å². The lowest BCUT2D eigenvalue weighted by molar-refractivity contribution is -0.0502. The molecule has 0 bridgehead atoms. The van der Waals surface area contributed by atoms with Crippen molar-refractivity contribution in [3.8, 4) is 0 Å². The highest BCUT2D eigenvalue weighted by atomic mass is 16.6. The molecule has 4 atom stereocenters. The zero-order valence-electron chi connectivity index (χ0n) is 11.1. The van der Waals surface area contributed by atoms with Crippen LogP contribution in [0.1, 0.15) is 6.23 Å². The maximum Gasteiger partial charge on any atom is 0.201 e. The molecular weight excluding hydrogens is 296 g/mol. The van der Waals surface area contributed by atoms with Crippen LogP contribution < -0.4 is 5.73 Å². The fourth-order valence-corrected chi connectivity index (χ4v) is 2.35. The van der Waals surface area contributed by atoms with Gasteiger partial charge < -0.3 is 25.8 Å². The third-order valence-electron chi connectivity index (χ3n) is 3.39. The summed E-state index contributed by atoms with van der Waals surface area (Å²) in [4.78, 5) is 14.4. The van der Waals surface area contributed by atoms with Crippen molar-refractivity contribution in [3.05, 3.63) is 16.8 Å². The van der Waals surface area contributed by atoms with Crippen LogP contribution in [-0.2, 0) is 4.74 Å². The number of azide groups is 1. The number of rotatable bonds is 3. The zero-order chi connectivity index (χ0) is 15.9. The number of anilines is 1. The third-order valence-corrected chi connectivity index (χ3v) is 3.39. The summed E-state index contributed by atoms with van der Waals surface area (Å²) in [6, 6.07) is 0. The number of imidazole rings is 1. The van der Waals surface area contributed by atoms with Crippen LogP contribution in [0.2, 0.25) is 0 Å². The Labute approximate surface area is 122 Å². The Morgan fingerprint density at radius 3 is 2.82 bits per heavy atom. The van der Waals surface area contributed by atoms with Crippen molar-refractivity contribution >= 4 is 22.9 Å². The van der Waals surface area contributed by atoms with Gasteiger partial charge in [-0.15, -0.1) is 0 Å². The summed E-state index contributed by atoms with van der Waals surface area (Å²) in [6.07, 6.45) is -3.65. The molecule has 0 aliphatic carbocycles. The summed E-state index contributed by atoms with van der Waals surface area (Å²) in [5.41, 5.74) is 14.7. The van der Waals surface area contributed by atoms with Gasteiger partial charge in [-0.1, -0.05) is 0 Å². The Morgan fingerprint density at radius 1 is 1.41 bits per heavy atom. The minimum Gasteiger partial charge on any atom is -0.394 e. The zero-order valence-corrected chi connectivity index (χ0v) is 11.1. The average Bonchev–Trinajstić information content (AvgIpc) is 3.00. The Balaban J connectivity index is 2.19. The maximum atomic E-state index is 10.1. The van der Waals surface area contributed by atoms with E-state index in [-0.39, 0.29) is 22.9 Å². The Morgan fingerprint density at radius 2 is 2.18 bits per heavy atom. The van der Waals surface area contributed by atoms with Gasteiger partial charge in [0.1, 0.15) is 24.6 Å². The highest BCUT2D eigenvalue weighted by molar-refractivity contribution is 5.83. The summed E-state index contributed by atoms with van der Waals surface area (Å²) in [5.74, 6) is -0.0931. The third kappa shape index (κ3) is 2.03. The van der Waals surface area contributed by atoms with Gasteiger partial charge in [0.2, 0.25) is 5.95 Å². The monoisotopic (exact) mass is 308 g/mol. The number of ether oxygens (including phenoxy) is 1. The van der Waals surface area contributed by atoms with Gasteiger partial charge in [-0.05, 0) is 10.6 Å². The molecule has 22 heavy (non-hydrogen) atoms. The SMILES string of the molecule is [N-]=[N+]=Nc1nc2c(N)ncnc2n1[C@H]1O[C@@H](CO)[C@@H](O)[C@@H]1O. The Kier molecular flexibility index (Phi) is 3.52. The highest BCUT2D eigenvalue weighted by Gasteiger charge is 2.44. The fourth-order valence-electron chi connectivity index (χ4n) is 2.35. The predicted octanol–water partition coefficient (Wildman–Crippen LogP) is -1.04. The first kappa shape index (κ1) is 14.4. The summed E-state index contributed by atoms with van der Waals surface area (Å²) in [6.45, 7) is -0.491. The molecule has 0 spiro atoms. The van der Waals surface area contributed by atoms with Gasteiger partial charge >= 0.3 is 0 Å². The number of aliphatic hydroxyl groups excluding tert-OH is 3. The highest BCUT2D eigenvalue weighted by Crippen LogP contribution is 2.35. The van der Waals surface area contributed by atoms with E-state index in [1.54, 1.807) is 0 Å². The summed E-state index contributed by atoms with van der Waals surface area (Å²) >= 11 is 0. The van der Waals surface area contributed by atoms with E-state index < -0.39 is 31.1 Å². The van der Waals surface area contributed by atoms with Crippen LogP contribution >= 0.6 is 0 Å². The van der Waals surface area contributed by atoms with E-state index in [9.17, 15) is 10.2 Å². The van der Waals surface area contributed by atoms with Crippen LogP contribution in [0, 0.1) is 0 Å². The molecule has 1 aliphatic rings. The van der Waals surface area contributed by atoms with Gasteiger partial charge in [-0.2, -0.15) is 0 Å². The van der Waals surface area contributed by atoms with Crippen LogP contribution in [0.3, 0.4) is 0 Å². The molecule has 12 nitrogen and oxygen atoms in total. The second kappa shape index (κ2) is 5.36. The van der Waals surface area contributed by atoms with Gasteiger partial charge in [-0.25, -0.2) is 15.0 Å². The van der Waals surface area contributed by atoms with Crippen LogP contribution in [0.5, 0.6) is 0 Å². The number of nitrogens with two attached hydrogens (primary N) is 1. The average molecular weight is 308 g/mol. The number of aliphatic hydroxyl groups is 3. The first-order valence-corrected chi connectivity index (χ1v) is 6.24. The van der Waals surface area contributed by atoms with Gasteiger partial charge in [0, 0.05) is 4.91 Å². The van der Waals surface area contributed by atoms with E-state index in [0.717, 1.165) is 0 Å². The molecule has 2 aromatic heterocycles. The number of fused-ring (bicyclic) bond motifs is 1. The molecule has 12 heteroatoms. The van der Waals surface area contributed by atoms with E-state index in [4.69, 9.17) is 21.1 Å². The van der Waals surface area contributed by atoms with Crippen molar-refractivity contribution in [1.29, 1.82) is 0 Å².